The predicted octanol–water partition coefficient (Wildman–Crippen LogP) is 4.74. The van der Waals surface area contributed by atoms with Gasteiger partial charge in [0.05, 0.1) is 5.56 Å². The van der Waals surface area contributed by atoms with E-state index in [2.05, 4.69) is 33.0 Å². The normalized spacial score (nSPS) is 12.4. The molecule has 2 nitrogen and oxygen atoms in total. The average molecular weight is 293 g/mol. The van der Waals surface area contributed by atoms with E-state index < -0.39 is 0 Å². The number of nitrogens with one attached hydrogen (secondary N) is 1. The Morgan fingerprint density at radius 1 is 1.20 bits per heavy atom. The number of carbonyl (C=O) groups excluding carboxylic acids is 1. The lowest BCUT2D eigenvalue weighted by molar-refractivity contribution is 0.0935. The van der Waals surface area contributed by atoms with Gasteiger partial charge >= 0.3 is 0 Å². The van der Waals surface area contributed by atoms with Crippen LogP contribution in [0.5, 0.6) is 0 Å². The maximum Gasteiger partial charge on any atom is 0.252 e. The van der Waals surface area contributed by atoms with Crippen molar-refractivity contribution in [2.24, 2.45) is 5.92 Å². The van der Waals surface area contributed by atoms with Crippen molar-refractivity contribution in [1.29, 1.82) is 0 Å². The second-order valence-corrected chi connectivity index (χ2v) is 6.93. The van der Waals surface area contributed by atoms with Crippen LogP contribution < -0.4 is 5.32 Å². The van der Waals surface area contributed by atoms with Crippen molar-refractivity contribution in [1.82, 2.24) is 5.32 Å². The van der Waals surface area contributed by atoms with Gasteiger partial charge in [-0.15, -0.1) is 11.8 Å². The first-order chi connectivity index (χ1) is 9.54. The van der Waals surface area contributed by atoms with Crippen LogP contribution in [0.25, 0.3) is 0 Å². The van der Waals surface area contributed by atoms with Gasteiger partial charge in [0, 0.05) is 10.9 Å². The van der Waals surface area contributed by atoms with Crippen molar-refractivity contribution in [2.75, 3.05) is 5.75 Å². The second-order valence-electron chi connectivity index (χ2n) is 5.63. The molecule has 0 radical (unpaired) electrons. The summed E-state index contributed by atoms with van der Waals surface area (Å²) in [4.78, 5) is 13.4. The first-order valence-electron chi connectivity index (χ1n) is 7.57. The van der Waals surface area contributed by atoms with Gasteiger partial charge in [0.1, 0.15) is 0 Å². The first-order valence-corrected chi connectivity index (χ1v) is 8.55. The maximum atomic E-state index is 12.3. The molecule has 1 aromatic rings. The van der Waals surface area contributed by atoms with Crippen LogP contribution in [-0.4, -0.2) is 17.7 Å². The van der Waals surface area contributed by atoms with Crippen LogP contribution in [-0.2, 0) is 0 Å². The van der Waals surface area contributed by atoms with Crippen molar-refractivity contribution >= 4 is 17.7 Å². The summed E-state index contributed by atoms with van der Waals surface area (Å²) in [6.45, 7) is 8.67. The maximum absolute atomic E-state index is 12.3. The van der Waals surface area contributed by atoms with Gasteiger partial charge in [-0.05, 0) is 37.1 Å². The van der Waals surface area contributed by atoms with E-state index in [1.54, 1.807) is 11.8 Å². The molecule has 0 aromatic heterocycles. The topological polar surface area (TPSA) is 29.1 Å². The smallest absolute Gasteiger partial charge is 0.252 e. The highest BCUT2D eigenvalue weighted by Gasteiger charge is 2.13. The fraction of sp³-hybridized carbons (Fsp3) is 0.588. The quantitative estimate of drug-likeness (QED) is 0.701. The lowest BCUT2D eigenvalue weighted by Crippen LogP contribution is -2.32. The fourth-order valence-corrected chi connectivity index (χ4v) is 2.94. The van der Waals surface area contributed by atoms with Crippen LogP contribution in [0.1, 0.15) is 57.3 Å². The Bertz CT molecular complexity index is 417. The third kappa shape index (κ3) is 6.00. The van der Waals surface area contributed by atoms with Crippen molar-refractivity contribution in [3.05, 3.63) is 29.8 Å². The summed E-state index contributed by atoms with van der Waals surface area (Å²) in [7, 11) is 0. The monoisotopic (exact) mass is 293 g/mol. The molecule has 1 unspecified atom stereocenters. The van der Waals surface area contributed by atoms with E-state index in [0.29, 0.717) is 0 Å². The Kier molecular flexibility index (Phi) is 7.75. The largest absolute Gasteiger partial charge is 0.350 e. The molecule has 0 aliphatic heterocycles. The molecule has 0 spiro atoms. The fourth-order valence-electron chi connectivity index (χ4n) is 2.14. The van der Waals surface area contributed by atoms with Crippen LogP contribution in [0.2, 0.25) is 0 Å². The summed E-state index contributed by atoms with van der Waals surface area (Å²) in [6, 6.07) is 8.08. The predicted molar refractivity (Wildman–Crippen MR) is 88.5 cm³/mol. The van der Waals surface area contributed by atoms with Crippen LogP contribution in [0.3, 0.4) is 0 Å². The van der Waals surface area contributed by atoms with Gasteiger partial charge in [-0.1, -0.05) is 45.7 Å². The molecular weight excluding hydrogens is 266 g/mol. The zero-order chi connectivity index (χ0) is 15.0. The van der Waals surface area contributed by atoms with Crippen LogP contribution in [0, 0.1) is 5.92 Å². The lowest BCUT2D eigenvalue weighted by atomic mass is 10.0. The van der Waals surface area contributed by atoms with Crippen LogP contribution in [0.4, 0.5) is 0 Å². The molecule has 0 aliphatic carbocycles. The van der Waals surface area contributed by atoms with Gasteiger partial charge in [-0.3, -0.25) is 4.79 Å². The van der Waals surface area contributed by atoms with E-state index in [1.807, 2.05) is 24.3 Å². The van der Waals surface area contributed by atoms with Crippen molar-refractivity contribution < 1.29 is 4.79 Å². The molecule has 0 aliphatic rings. The van der Waals surface area contributed by atoms with Gasteiger partial charge in [0.2, 0.25) is 0 Å². The Morgan fingerprint density at radius 3 is 2.55 bits per heavy atom. The average Bonchev–Trinajstić information content (AvgIpc) is 2.39. The molecule has 0 bridgehead atoms. The zero-order valence-electron chi connectivity index (χ0n) is 13.1. The van der Waals surface area contributed by atoms with Crippen molar-refractivity contribution in [3.8, 4) is 0 Å². The lowest BCUT2D eigenvalue weighted by Gasteiger charge is -2.16. The molecule has 1 atom stereocenters. The SMILES string of the molecule is CCSc1ccccc1C(=O)NC(C)CCCC(C)C. The van der Waals surface area contributed by atoms with Gasteiger partial charge < -0.3 is 5.32 Å². The summed E-state index contributed by atoms with van der Waals surface area (Å²) in [5.41, 5.74) is 0.801. The number of hydrogen-bond donors (Lipinski definition) is 1. The Labute approximate surface area is 127 Å². The molecule has 1 rings (SSSR count). The van der Waals surface area contributed by atoms with Gasteiger partial charge in [0.15, 0.2) is 0 Å². The van der Waals surface area contributed by atoms with E-state index in [9.17, 15) is 4.79 Å². The number of hydrogen-bond acceptors (Lipinski definition) is 2. The number of rotatable bonds is 8. The molecule has 1 amide bonds. The van der Waals surface area contributed by atoms with Crippen LogP contribution in [0.15, 0.2) is 29.2 Å². The summed E-state index contributed by atoms with van der Waals surface area (Å²) in [6.07, 6.45) is 3.44. The van der Waals surface area contributed by atoms with E-state index in [1.165, 1.54) is 12.8 Å². The molecule has 0 saturated carbocycles. The molecule has 0 fully saturated rings. The minimum Gasteiger partial charge on any atom is -0.350 e. The number of thioether (sulfide) groups is 1. The Morgan fingerprint density at radius 2 is 1.90 bits per heavy atom. The third-order valence-corrected chi connectivity index (χ3v) is 4.18. The van der Waals surface area contributed by atoms with E-state index in [4.69, 9.17) is 0 Å². The van der Waals surface area contributed by atoms with Gasteiger partial charge in [-0.25, -0.2) is 0 Å². The number of benzene rings is 1. The van der Waals surface area contributed by atoms with E-state index in [0.717, 1.165) is 28.6 Å². The zero-order valence-corrected chi connectivity index (χ0v) is 13.9. The molecular formula is C17H27NOS. The first kappa shape index (κ1) is 17.1. The van der Waals surface area contributed by atoms with Crippen LogP contribution >= 0.6 is 11.8 Å². The highest BCUT2D eigenvalue weighted by molar-refractivity contribution is 7.99. The second kappa shape index (κ2) is 9.06. The minimum atomic E-state index is 0.0543. The van der Waals surface area contributed by atoms with Gasteiger partial charge in [-0.2, -0.15) is 0 Å². The molecule has 20 heavy (non-hydrogen) atoms. The standard InChI is InChI=1S/C17H27NOS/c1-5-20-16-12-7-6-11-15(16)17(19)18-14(4)10-8-9-13(2)3/h6-7,11-14H,5,8-10H2,1-4H3,(H,18,19). The highest BCUT2D eigenvalue weighted by Crippen LogP contribution is 2.22. The summed E-state index contributed by atoms with van der Waals surface area (Å²) >= 11 is 1.72. The molecule has 0 saturated heterocycles. The summed E-state index contributed by atoms with van der Waals surface area (Å²) in [5, 5.41) is 3.12. The molecule has 3 heteroatoms. The molecule has 0 heterocycles. The Hall–Kier alpha value is -0.960. The Balaban J connectivity index is 2.53. The van der Waals surface area contributed by atoms with Gasteiger partial charge in [0.25, 0.3) is 5.91 Å². The highest BCUT2D eigenvalue weighted by atomic mass is 32.2. The summed E-state index contributed by atoms with van der Waals surface area (Å²) < 4.78 is 0. The third-order valence-electron chi connectivity index (χ3n) is 3.23. The molecule has 1 N–H and O–H groups in total. The van der Waals surface area contributed by atoms with Crippen molar-refractivity contribution in [3.63, 3.8) is 0 Å². The summed E-state index contributed by atoms with van der Waals surface area (Å²) in [5.74, 6) is 1.77. The van der Waals surface area contributed by atoms with E-state index in [-0.39, 0.29) is 11.9 Å². The molecule has 1 aromatic carbocycles. The van der Waals surface area contributed by atoms with E-state index >= 15 is 0 Å². The van der Waals surface area contributed by atoms with Crippen molar-refractivity contribution in [2.45, 2.75) is 57.9 Å². The number of carbonyl (C=O) groups is 1. The molecule has 112 valence electrons. The minimum absolute atomic E-state index is 0.0543. The number of amides is 1.